The molecular weight excluding hydrogens is 344 g/mol. The topological polar surface area (TPSA) is 126 Å². The molecule has 0 radical (unpaired) electrons. The van der Waals surface area contributed by atoms with E-state index in [2.05, 4.69) is 10.1 Å². The molecule has 7 nitrogen and oxygen atoms in total. The quantitative estimate of drug-likeness (QED) is 0.223. The van der Waals surface area contributed by atoms with Crippen LogP contribution in [0.4, 0.5) is 0 Å². The first kappa shape index (κ1) is 19.9. The van der Waals surface area contributed by atoms with Crippen LogP contribution in [0.3, 0.4) is 0 Å². The second-order valence-electron chi connectivity index (χ2n) is 6.01. The van der Waals surface area contributed by atoms with Gasteiger partial charge in [-0.15, -0.1) is 0 Å². The number of nitrogens with zero attached hydrogens (tertiary/aromatic N) is 2. The predicted molar refractivity (Wildman–Crippen MR) is 99.9 cm³/mol. The summed E-state index contributed by atoms with van der Waals surface area (Å²) in [5.41, 5.74) is 15.8. The van der Waals surface area contributed by atoms with Gasteiger partial charge in [-0.05, 0) is 17.5 Å². The molecule has 0 aliphatic heterocycles. The van der Waals surface area contributed by atoms with Gasteiger partial charge in [0.05, 0.1) is 6.04 Å². The molecule has 2 atom stereocenters. The minimum atomic E-state index is -1.07. The molecule has 0 aliphatic rings. The lowest BCUT2D eigenvalue weighted by molar-refractivity contribution is -0.128. The van der Waals surface area contributed by atoms with Gasteiger partial charge in [0.15, 0.2) is 0 Å². The molecule has 2 rings (SSSR count). The normalized spacial score (nSPS) is 12.3. The summed E-state index contributed by atoms with van der Waals surface area (Å²) in [6.07, 6.45) is 0.584. The van der Waals surface area contributed by atoms with Crippen molar-refractivity contribution in [2.24, 2.45) is 5.73 Å². The maximum Gasteiger partial charge on any atom is 0.399 e. The zero-order chi connectivity index (χ0) is 19.6. The largest absolute Gasteiger partial charge is 0.399 e. The van der Waals surface area contributed by atoms with Crippen molar-refractivity contribution in [1.29, 1.82) is 0 Å². The molecule has 0 aliphatic carbocycles. The Morgan fingerprint density at radius 3 is 2.00 bits per heavy atom. The van der Waals surface area contributed by atoms with Crippen molar-refractivity contribution >= 4 is 23.7 Å². The standard InChI is InChI=1S/C20H20N4O3/c21-16(11-14-7-3-1-4-8-14)20(27)23-17(19(26)18(13-25)24-22)12-15-9-5-2-6-10-15/h1-10,13,16-17H,11-12,21H2,(H,23,27)/t16?,17-/m1/s1. The van der Waals surface area contributed by atoms with E-state index < -0.39 is 29.5 Å². The molecule has 0 heterocycles. The Bertz CT molecular complexity index is 846. The highest BCUT2D eigenvalue weighted by Gasteiger charge is 2.31. The molecule has 27 heavy (non-hydrogen) atoms. The Kier molecular flexibility index (Phi) is 7.31. The molecule has 0 saturated carbocycles. The van der Waals surface area contributed by atoms with Gasteiger partial charge in [0.2, 0.25) is 12.2 Å². The average Bonchev–Trinajstić information content (AvgIpc) is 2.69. The number of benzene rings is 2. The molecule has 0 spiro atoms. The summed E-state index contributed by atoms with van der Waals surface area (Å²) in [5.74, 6) is -1.31. The van der Waals surface area contributed by atoms with Crippen LogP contribution in [0.15, 0.2) is 60.7 Å². The molecule has 0 saturated heterocycles. The molecule has 1 unspecified atom stereocenters. The number of aldehydes is 1. The highest BCUT2D eigenvalue weighted by atomic mass is 16.2. The number of hydrogen-bond acceptors (Lipinski definition) is 4. The van der Waals surface area contributed by atoms with Crippen LogP contribution in [0.1, 0.15) is 11.1 Å². The lowest BCUT2D eigenvalue weighted by Gasteiger charge is -2.18. The number of carbonyl (C=O) groups excluding carboxylic acids is 3. The summed E-state index contributed by atoms with van der Waals surface area (Å²) >= 11 is 0. The Labute approximate surface area is 156 Å². The SMILES string of the molecule is [N-]=[N+]=C(C=O)C(=O)[C@@H](Cc1ccccc1)NC(=O)C(N)Cc1ccccc1. The average molecular weight is 364 g/mol. The molecule has 7 heteroatoms. The lowest BCUT2D eigenvalue weighted by Crippen LogP contribution is -2.51. The van der Waals surface area contributed by atoms with Crippen molar-refractivity contribution < 1.29 is 19.2 Å². The van der Waals surface area contributed by atoms with Crippen LogP contribution in [0, 0.1) is 0 Å². The van der Waals surface area contributed by atoms with Gasteiger partial charge < -0.3 is 16.6 Å². The predicted octanol–water partition coefficient (Wildman–Crippen LogP) is 0.723. The number of nitrogens with one attached hydrogen (secondary N) is 1. The van der Waals surface area contributed by atoms with Crippen LogP contribution < -0.4 is 11.1 Å². The van der Waals surface area contributed by atoms with Crippen molar-refractivity contribution in [2.75, 3.05) is 0 Å². The summed E-state index contributed by atoms with van der Waals surface area (Å²) in [4.78, 5) is 38.6. The molecule has 0 aromatic heterocycles. The fourth-order valence-electron chi connectivity index (χ4n) is 2.61. The molecule has 2 aromatic rings. The van der Waals surface area contributed by atoms with Crippen LogP contribution in [0.25, 0.3) is 5.53 Å². The number of hydrogen-bond donors (Lipinski definition) is 2. The number of carbonyl (C=O) groups is 3. The van der Waals surface area contributed by atoms with Crippen LogP contribution in [0.2, 0.25) is 0 Å². The van der Waals surface area contributed by atoms with Gasteiger partial charge in [-0.2, -0.15) is 4.79 Å². The van der Waals surface area contributed by atoms with E-state index in [0.717, 1.165) is 11.1 Å². The van der Waals surface area contributed by atoms with Crippen molar-refractivity contribution in [2.45, 2.75) is 24.9 Å². The van der Waals surface area contributed by atoms with Crippen LogP contribution in [-0.2, 0) is 27.2 Å². The van der Waals surface area contributed by atoms with Crippen LogP contribution in [-0.4, -0.2) is 40.6 Å². The van der Waals surface area contributed by atoms with Crippen molar-refractivity contribution in [3.05, 3.63) is 77.3 Å². The van der Waals surface area contributed by atoms with E-state index in [-0.39, 0.29) is 12.7 Å². The van der Waals surface area contributed by atoms with Crippen LogP contribution in [0.5, 0.6) is 0 Å². The summed E-state index contributed by atoms with van der Waals surface area (Å²) in [6.45, 7) is 0. The Morgan fingerprint density at radius 2 is 1.52 bits per heavy atom. The highest BCUT2D eigenvalue weighted by Crippen LogP contribution is 2.06. The third-order valence-electron chi connectivity index (χ3n) is 4.02. The summed E-state index contributed by atoms with van der Waals surface area (Å²) in [5, 5.41) is 2.57. The number of amides is 1. The molecular formula is C20H20N4O3. The van der Waals surface area contributed by atoms with Gasteiger partial charge in [-0.25, -0.2) is 0 Å². The van der Waals surface area contributed by atoms with Crippen molar-refractivity contribution in [3.63, 3.8) is 0 Å². The second-order valence-corrected chi connectivity index (χ2v) is 6.01. The highest BCUT2D eigenvalue weighted by molar-refractivity contribution is 6.59. The summed E-state index contributed by atoms with van der Waals surface area (Å²) < 4.78 is 0. The maximum atomic E-state index is 12.5. The molecule has 1 amide bonds. The third-order valence-corrected chi connectivity index (χ3v) is 4.02. The first-order chi connectivity index (χ1) is 13.0. The fraction of sp³-hybridized carbons (Fsp3) is 0.200. The molecule has 0 bridgehead atoms. The first-order valence-corrected chi connectivity index (χ1v) is 8.40. The van der Waals surface area contributed by atoms with E-state index >= 15 is 0 Å². The minimum absolute atomic E-state index is 0.135. The van der Waals surface area contributed by atoms with Gasteiger partial charge in [0.25, 0.3) is 5.78 Å². The smallest absolute Gasteiger partial charge is 0.360 e. The van der Waals surface area contributed by atoms with Gasteiger partial charge in [-0.1, -0.05) is 60.7 Å². The zero-order valence-corrected chi connectivity index (χ0v) is 14.6. The van der Waals surface area contributed by atoms with E-state index in [1.807, 2.05) is 36.4 Å². The van der Waals surface area contributed by atoms with E-state index in [9.17, 15) is 14.4 Å². The fourth-order valence-corrected chi connectivity index (χ4v) is 2.61. The lowest BCUT2D eigenvalue weighted by atomic mass is 9.99. The number of ketones is 1. The van der Waals surface area contributed by atoms with E-state index in [4.69, 9.17) is 11.3 Å². The number of rotatable bonds is 9. The summed E-state index contributed by atoms with van der Waals surface area (Å²) in [6, 6.07) is 16.3. The first-order valence-electron chi connectivity index (χ1n) is 8.40. The summed E-state index contributed by atoms with van der Waals surface area (Å²) in [7, 11) is 0. The third kappa shape index (κ3) is 5.81. The molecule has 138 valence electrons. The number of nitrogens with two attached hydrogens (primary N) is 1. The molecule has 2 aromatic carbocycles. The maximum absolute atomic E-state index is 12.5. The Balaban J connectivity index is 2.14. The van der Waals surface area contributed by atoms with E-state index in [1.54, 1.807) is 24.3 Å². The van der Waals surface area contributed by atoms with E-state index in [1.165, 1.54) is 0 Å². The van der Waals surface area contributed by atoms with Gasteiger partial charge in [0, 0.05) is 6.42 Å². The van der Waals surface area contributed by atoms with Gasteiger partial charge in [0.1, 0.15) is 6.04 Å². The van der Waals surface area contributed by atoms with Crippen molar-refractivity contribution in [3.8, 4) is 0 Å². The molecule has 0 fully saturated rings. The molecule has 3 N–H and O–H groups in total. The monoisotopic (exact) mass is 364 g/mol. The Hall–Kier alpha value is -3.41. The van der Waals surface area contributed by atoms with Gasteiger partial charge in [-0.3, -0.25) is 14.4 Å². The minimum Gasteiger partial charge on any atom is -0.360 e. The van der Waals surface area contributed by atoms with Crippen molar-refractivity contribution in [1.82, 2.24) is 5.32 Å². The van der Waals surface area contributed by atoms with Crippen LogP contribution >= 0.6 is 0 Å². The Morgan fingerprint density at radius 1 is 1.00 bits per heavy atom. The second kappa shape index (κ2) is 9.91. The number of Topliss-reactive ketones (excluding diaryl/α,β-unsaturated/α-hetero) is 1. The zero-order valence-electron chi connectivity index (χ0n) is 14.6. The van der Waals surface area contributed by atoms with E-state index in [0.29, 0.717) is 6.42 Å². The van der Waals surface area contributed by atoms with Gasteiger partial charge >= 0.3 is 5.71 Å².